The normalized spacial score (nSPS) is 20.8. The van der Waals surface area contributed by atoms with Crippen LogP contribution in [0.15, 0.2) is 18.2 Å². The molecule has 0 spiro atoms. The Kier molecular flexibility index (Phi) is 4.90. The molecule has 1 unspecified atom stereocenters. The Morgan fingerprint density at radius 1 is 1.33 bits per heavy atom. The molecule has 100 valence electrons. The Balaban J connectivity index is 2.20. The number of hydrogen-bond acceptors (Lipinski definition) is 2. The predicted octanol–water partition coefficient (Wildman–Crippen LogP) is 3.82. The largest absolute Gasteiger partial charge is 0.370 e. The summed E-state index contributed by atoms with van der Waals surface area (Å²) in [4.78, 5) is 2.43. The topological polar surface area (TPSA) is 29.3 Å². The standard InChI is InChI=1S/C15H23ClN2/c1-2-12-5-4-9-18(10-8-12)15-13(11-17)6-3-7-14(15)16/h3,6-7,12H,2,4-5,8-11,17H2,1H3. The van der Waals surface area contributed by atoms with Crippen molar-refractivity contribution in [3.63, 3.8) is 0 Å². The van der Waals surface area contributed by atoms with Crippen LogP contribution in [0.2, 0.25) is 5.02 Å². The first-order valence-electron chi connectivity index (χ1n) is 6.98. The molecule has 1 atom stereocenters. The molecule has 0 amide bonds. The zero-order valence-corrected chi connectivity index (χ0v) is 11.9. The number of nitrogens with two attached hydrogens (primary N) is 1. The third-order valence-electron chi connectivity index (χ3n) is 4.03. The van der Waals surface area contributed by atoms with Gasteiger partial charge in [0.25, 0.3) is 0 Å². The molecule has 2 rings (SSSR count). The first-order valence-corrected chi connectivity index (χ1v) is 7.36. The number of anilines is 1. The number of nitrogens with zero attached hydrogens (tertiary/aromatic N) is 1. The van der Waals surface area contributed by atoms with Gasteiger partial charge in [0.1, 0.15) is 0 Å². The van der Waals surface area contributed by atoms with Gasteiger partial charge >= 0.3 is 0 Å². The number of halogens is 1. The van der Waals surface area contributed by atoms with Gasteiger partial charge < -0.3 is 10.6 Å². The Hall–Kier alpha value is -0.730. The first kappa shape index (κ1) is 13.7. The van der Waals surface area contributed by atoms with Crippen LogP contribution in [0.5, 0.6) is 0 Å². The first-order chi connectivity index (χ1) is 8.76. The van der Waals surface area contributed by atoms with Crippen molar-refractivity contribution in [2.24, 2.45) is 11.7 Å². The fourth-order valence-electron chi connectivity index (χ4n) is 2.88. The van der Waals surface area contributed by atoms with E-state index in [4.69, 9.17) is 17.3 Å². The van der Waals surface area contributed by atoms with E-state index in [0.29, 0.717) is 6.54 Å². The van der Waals surface area contributed by atoms with Crippen molar-refractivity contribution in [3.8, 4) is 0 Å². The molecule has 2 N–H and O–H groups in total. The molecule has 1 heterocycles. The van der Waals surface area contributed by atoms with Crippen molar-refractivity contribution in [1.82, 2.24) is 0 Å². The number of rotatable bonds is 3. The molecule has 1 aromatic rings. The third-order valence-corrected chi connectivity index (χ3v) is 4.34. The van der Waals surface area contributed by atoms with Gasteiger partial charge in [0, 0.05) is 19.6 Å². The molecule has 1 aliphatic heterocycles. The quantitative estimate of drug-likeness (QED) is 0.901. The molecule has 0 bridgehead atoms. The predicted molar refractivity (Wildman–Crippen MR) is 79.2 cm³/mol. The maximum Gasteiger partial charge on any atom is 0.0642 e. The molecule has 1 saturated heterocycles. The Labute approximate surface area is 115 Å². The average Bonchev–Trinajstić information content (AvgIpc) is 2.63. The van der Waals surface area contributed by atoms with Crippen molar-refractivity contribution in [3.05, 3.63) is 28.8 Å². The van der Waals surface area contributed by atoms with Crippen molar-refractivity contribution < 1.29 is 0 Å². The zero-order chi connectivity index (χ0) is 13.0. The van der Waals surface area contributed by atoms with Crippen molar-refractivity contribution >= 4 is 17.3 Å². The van der Waals surface area contributed by atoms with Crippen LogP contribution in [0.4, 0.5) is 5.69 Å². The van der Waals surface area contributed by atoms with Gasteiger partial charge in [-0.05, 0) is 36.8 Å². The van der Waals surface area contributed by atoms with Gasteiger partial charge in [-0.1, -0.05) is 37.1 Å². The van der Waals surface area contributed by atoms with Gasteiger partial charge in [-0.3, -0.25) is 0 Å². The lowest BCUT2D eigenvalue weighted by Crippen LogP contribution is -2.26. The molecule has 1 fully saturated rings. The minimum absolute atomic E-state index is 0.559. The third kappa shape index (κ3) is 2.99. The molecule has 3 heteroatoms. The van der Waals surface area contributed by atoms with Crippen LogP contribution in [0, 0.1) is 5.92 Å². The monoisotopic (exact) mass is 266 g/mol. The highest BCUT2D eigenvalue weighted by Crippen LogP contribution is 2.32. The van der Waals surface area contributed by atoms with Crippen molar-refractivity contribution in [2.45, 2.75) is 39.2 Å². The van der Waals surface area contributed by atoms with E-state index in [-0.39, 0.29) is 0 Å². The van der Waals surface area contributed by atoms with E-state index in [9.17, 15) is 0 Å². The lowest BCUT2D eigenvalue weighted by molar-refractivity contribution is 0.459. The van der Waals surface area contributed by atoms with Gasteiger partial charge in [0.2, 0.25) is 0 Å². The van der Waals surface area contributed by atoms with Crippen LogP contribution in [0.1, 0.15) is 38.2 Å². The summed E-state index contributed by atoms with van der Waals surface area (Å²) in [5.41, 5.74) is 8.16. The van der Waals surface area contributed by atoms with E-state index in [2.05, 4.69) is 17.9 Å². The second kappa shape index (κ2) is 6.44. The lowest BCUT2D eigenvalue weighted by Gasteiger charge is -2.26. The fraction of sp³-hybridized carbons (Fsp3) is 0.600. The van der Waals surface area contributed by atoms with Gasteiger partial charge in [-0.15, -0.1) is 0 Å². The summed E-state index contributed by atoms with van der Waals surface area (Å²) >= 11 is 6.37. The summed E-state index contributed by atoms with van der Waals surface area (Å²) in [7, 11) is 0. The minimum atomic E-state index is 0.559. The van der Waals surface area contributed by atoms with Crippen LogP contribution in [-0.2, 0) is 6.54 Å². The Morgan fingerprint density at radius 2 is 2.17 bits per heavy atom. The SMILES string of the molecule is CCC1CCCN(c2c(Cl)cccc2CN)CC1. The molecule has 18 heavy (non-hydrogen) atoms. The molecule has 0 aliphatic carbocycles. The van der Waals surface area contributed by atoms with Gasteiger partial charge in [-0.25, -0.2) is 0 Å². The second-order valence-electron chi connectivity index (χ2n) is 5.14. The molecular formula is C15H23ClN2. The smallest absolute Gasteiger partial charge is 0.0642 e. The number of hydrogen-bond donors (Lipinski definition) is 1. The van der Waals surface area contributed by atoms with E-state index in [1.165, 1.54) is 31.4 Å². The maximum absolute atomic E-state index is 6.37. The summed E-state index contributed by atoms with van der Waals surface area (Å²) in [5.74, 6) is 0.874. The van der Waals surface area contributed by atoms with Gasteiger partial charge in [0.05, 0.1) is 10.7 Å². The fourth-order valence-corrected chi connectivity index (χ4v) is 3.19. The molecule has 0 saturated carbocycles. The number of benzene rings is 1. The highest BCUT2D eigenvalue weighted by atomic mass is 35.5. The van der Waals surface area contributed by atoms with E-state index in [1.807, 2.05) is 12.1 Å². The van der Waals surface area contributed by atoms with Crippen LogP contribution in [0.3, 0.4) is 0 Å². The van der Waals surface area contributed by atoms with Gasteiger partial charge in [-0.2, -0.15) is 0 Å². The van der Waals surface area contributed by atoms with Crippen LogP contribution in [0.25, 0.3) is 0 Å². The van der Waals surface area contributed by atoms with Crippen LogP contribution >= 0.6 is 11.6 Å². The van der Waals surface area contributed by atoms with E-state index >= 15 is 0 Å². The van der Waals surface area contributed by atoms with E-state index in [1.54, 1.807) is 0 Å². The molecule has 0 radical (unpaired) electrons. The highest BCUT2D eigenvalue weighted by Gasteiger charge is 2.19. The molecular weight excluding hydrogens is 244 g/mol. The summed E-state index contributed by atoms with van der Waals surface area (Å²) in [6.45, 7) is 5.06. The maximum atomic E-state index is 6.37. The highest BCUT2D eigenvalue weighted by molar-refractivity contribution is 6.33. The van der Waals surface area contributed by atoms with Crippen molar-refractivity contribution in [2.75, 3.05) is 18.0 Å². The summed E-state index contributed by atoms with van der Waals surface area (Å²) < 4.78 is 0. The van der Waals surface area contributed by atoms with Crippen molar-refractivity contribution in [1.29, 1.82) is 0 Å². The Morgan fingerprint density at radius 3 is 2.89 bits per heavy atom. The van der Waals surface area contributed by atoms with Gasteiger partial charge in [0.15, 0.2) is 0 Å². The van der Waals surface area contributed by atoms with E-state index in [0.717, 1.165) is 29.6 Å². The van der Waals surface area contributed by atoms with Crippen LogP contribution in [-0.4, -0.2) is 13.1 Å². The average molecular weight is 267 g/mol. The summed E-state index contributed by atoms with van der Waals surface area (Å²) in [6, 6.07) is 6.04. The molecule has 2 nitrogen and oxygen atoms in total. The minimum Gasteiger partial charge on any atom is -0.370 e. The Bertz CT molecular complexity index is 392. The van der Waals surface area contributed by atoms with Crippen LogP contribution < -0.4 is 10.6 Å². The number of para-hydroxylation sites is 1. The lowest BCUT2D eigenvalue weighted by atomic mass is 9.98. The molecule has 1 aromatic carbocycles. The van der Waals surface area contributed by atoms with E-state index < -0.39 is 0 Å². The molecule has 0 aromatic heterocycles. The summed E-state index contributed by atoms with van der Waals surface area (Å²) in [5, 5.41) is 0.841. The summed E-state index contributed by atoms with van der Waals surface area (Å²) in [6.07, 6.45) is 5.16. The molecule has 1 aliphatic rings. The zero-order valence-electron chi connectivity index (χ0n) is 11.2. The second-order valence-corrected chi connectivity index (χ2v) is 5.55.